The largest absolute Gasteiger partial charge is 0.367 e. The van der Waals surface area contributed by atoms with E-state index in [4.69, 9.17) is 16.3 Å². The average Bonchev–Trinajstić information content (AvgIpc) is 2.95. The molecule has 6 heteroatoms. The number of ether oxygens (including phenoxy) is 1. The topological polar surface area (TPSA) is 51.2 Å². The number of rotatable bonds is 7. The van der Waals surface area contributed by atoms with E-state index in [0.29, 0.717) is 16.8 Å². The summed E-state index contributed by atoms with van der Waals surface area (Å²) in [5, 5.41) is 4.11. The fraction of sp³-hybridized carbons (Fsp3) is 0.200. The minimum absolute atomic E-state index is 0.00283. The number of benzene rings is 2. The van der Waals surface area contributed by atoms with Crippen LogP contribution in [-0.4, -0.2) is 17.5 Å². The molecule has 0 aliphatic carbocycles. The molecule has 2 aromatic carbocycles. The summed E-state index contributed by atoms with van der Waals surface area (Å²) in [5.41, 5.74) is 3.07. The number of amides is 1. The molecule has 1 aromatic heterocycles. The molecular weight excluding hydrogens is 368 g/mol. The van der Waals surface area contributed by atoms with Gasteiger partial charge < -0.3 is 4.74 Å². The van der Waals surface area contributed by atoms with Gasteiger partial charge in [0.1, 0.15) is 6.61 Å². The second kappa shape index (κ2) is 8.94. The lowest BCUT2D eigenvalue weighted by molar-refractivity contribution is -0.121. The molecule has 0 aliphatic rings. The highest BCUT2D eigenvalue weighted by molar-refractivity contribution is 7.15. The van der Waals surface area contributed by atoms with E-state index in [0.717, 1.165) is 28.1 Å². The summed E-state index contributed by atoms with van der Waals surface area (Å²) in [5.74, 6) is -0.205. The van der Waals surface area contributed by atoms with E-state index in [1.807, 2.05) is 61.5 Å². The second-order valence-electron chi connectivity index (χ2n) is 5.86. The zero-order chi connectivity index (χ0) is 18.4. The minimum Gasteiger partial charge on any atom is -0.367 e. The lowest BCUT2D eigenvalue weighted by Gasteiger charge is -2.04. The molecule has 0 aliphatic heterocycles. The molecule has 3 rings (SSSR count). The fourth-order valence-corrected chi connectivity index (χ4v) is 3.69. The van der Waals surface area contributed by atoms with Gasteiger partial charge in [0.25, 0.3) is 5.91 Å². The number of hydrogen-bond donors (Lipinski definition) is 1. The maximum atomic E-state index is 12.0. The molecule has 0 fully saturated rings. The van der Waals surface area contributed by atoms with Crippen molar-refractivity contribution >= 4 is 34.0 Å². The van der Waals surface area contributed by atoms with Crippen molar-refractivity contribution in [1.29, 1.82) is 0 Å². The maximum absolute atomic E-state index is 12.0. The molecule has 0 bridgehead atoms. The number of hydrogen-bond acceptors (Lipinski definition) is 4. The number of nitrogens with one attached hydrogen (secondary N) is 1. The van der Waals surface area contributed by atoms with E-state index in [1.165, 1.54) is 11.3 Å². The highest BCUT2D eigenvalue weighted by atomic mass is 35.5. The van der Waals surface area contributed by atoms with E-state index < -0.39 is 0 Å². The number of halogens is 1. The zero-order valence-electron chi connectivity index (χ0n) is 14.4. The lowest BCUT2D eigenvalue weighted by Crippen LogP contribution is -2.18. The number of nitrogens with zero attached hydrogens (tertiary/aromatic N) is 1. The molecule has 0 radical (unpaired) electrons. The molecule has 0 unspecified atom stereocenters. The molecule has 26 heavy (non-hydrogen) atoms. The first-order valence-corrected chi connectivity index (χ1v) is 9.42. The Bertz CT molecular complexity index is 881. The summed E-state index contributed by atoms with van der Waals surface area (Å²) in [6, 6.07) is 17.5. The SMILES string of the molecule is Cc1nc(NC(=O)COCc2ccccc2)sc1Cc1cccc(Cl)c1. The van der Waals surface area contributed by atoms with Crippen LogP contribution in [0.2, 0.25) is 5.02 Å². The van der Waals surface area contributed by atoms with E-state index in [2.05, 4.69) is 10.3 Å². The Kier molecular flexibility index (Phi) is 6.39. The molecule has 4 nitrogen and oxygen atoms in total. The van der Waals surface area contributed by atoms with Gasteiger partial charge in [-0.2, -0.15) is 0 Å². The van der Waals surface area contributed by atoms with Crippen molar-refractivity contribution in [1.82, 2.24) is 4.98 Å². The van der Waals surface area contributed by atoms with Crippen LogP contribution >= 0.6 is 22.9 Å². The molecule has 1 amide bonds. The number of carbonyl (C=O) groups excluding carboxylic acids is 1. The Labute approximate surface area is 161 Å². The summed E-state index contributed by atoms with van der Waals surface area (Å²) in [7, 11) is 0. The van der Waals surface area contributed by atoms with Crippen LogP contribution in [0.4, 0.5) is 5.13 Å². The van der Waals surface area contributed by atoms with Crippen molar-refractivity contribution in [3.8, 4) is 0 Å². The quantitative estimate of drug-likeness (QED) is 0.631. The molecule has 134 valence electrons. The van der Waals surface area contributed by atoms with Gasteiger partial charge in [0, 0.05) is 16.3 Å². The normalized spacial score (nSPS) is 10.7. The van der Waals surface area contributed by atoms with Gasteiger partial charge >= 0.3 is 0 Å². The van der Waals surface area contributed by atoms with E-state index in [9.17, 15) is 4.79 Å². The van der Waals surface area contributed by atoms with Crippen LogP contribution in [0.5, 0.6) is 0 Å². The molecule has 0 spiro atoms. The Morgan fingerprint density at radius 1 is 1.15 bits per heavy atom. The highest BCUT2D eigenvalue weighted by Crippen LogP contribution is 2.26. The van der Waals surface area contributed by atoms with Gasteiger partial charge in [-0.15, -0.1) is 11.3 Å². The number of aromatic nitrogens is 1. The Balaban J connectivity index is 1.52. The molecule has 0 atom stereocenters. The molecule has 0 saturated heterocycles. The van der Waals surface area contributed by atoms with Crippen LogP contribution in [0.15, 0.2) is 54.6 Å². The van der Waals surface area contributed by atoms with Crippen LogP contribution in [-0.2, 0) is 22.6 Å². The number of carbonyl (C=O) groups is 1. The first-order chi connectivity index (χ1) is 12.6. The van der Waals surface area contributed by atoms with Crippen LogP contribution in [0.3, 0.4) is 0 Å². The van der Waals surface area contributed by atoms with Gasteiger partial charge in [-0.1, -0.05) is 54.1 Å². The van der Waals surface area contributed by atoms with Crippen LogP contribution < -0.4 is 5.32 Å². The predicted molar refractivity (Wildman–Crippen MR) is 106 cm³/mol. The number of aryl methyl sites for hydroxylation is 1. The zero-order valence-corrected chi connectivity index (χ0v) is 15.9. The van der Waals surface area contributed by atoms with E-state index >= 15 is 0 Å². The third kappa shape index (κ3) is 5.39. The van der Waals surface area contributed by atoms with Gasteiger partial charge in [-0.3, -0.25) is 10.1 Å². The van der Waals surface area contributed by atoms with Crippen molar-refractivity contribution < 1.29 is 9.53 Å². The number of anilines is 1. The maximum Gasteiger partial charge on any atom is 0.252 e. The van der Waals surface area contributed by atoms with Gasteiger partial charge in [-0.25, -0.2) is 4.98 Å². The summed E-state index contributed by atoms with van der Waals surface area (Å²) in [6.07, 6.45) is 0.741. The molecule has 0 saturated carbocycles. The van der Waals surface area contributed by atoms with Crippen molar-refractivity contribution in [2.75, 3.05) is 11.9 Å². The summed E-state index contributed by atoms with van der Waals surface area (Å²) >= 11 is 7.51. The van der Waals surface area contributed by atoms with Gasteiger partial charge in [0.2, 0.25) is 0 Å². The third-order valence-electron chi connectivity index (χ3n) is 3.74. The van der Waals surface area contributed by atoms with Crippen molar-refractivity contribution in [2.24, 2.45) is 0 Å². The first kappa shape index (κ1) is 18.6. The Morgan fingerprint density at radius 2 is 1.92 bits per heavy atom. The summed E-state index contributed by atoms with van der Waals surface area (Å²) in [6.45, 7) is 2.35. The van der Waals surface area contributed by atoms with Crippen molar-refractivity contribution in [2.45, 2.75) is 20.0 Å². The monoisotopic (exact) mass is 386 g/mol. The van der Waals surface area contributed by atoms with Crippen molar-refractivity contribution in [3.05, 3.63) is 81.3 Å². The summed E-state index contributed by atoms with van der Waals surface area (Å²) in [4.78, 5) is 17.6. The lowest BCUT2D eigenvalue weighted by atomic mass is 10.1. The van der Waals surface area contributed by atoms with Gasteiger partial charge in [-0.05, 0) is 30.2 Å². The Morgan fingerprint density at radius 3 is 2.69 bits per heavy atom. The molecule has 3 aromatic rings. The van der Waals surface area contributed by atoms with E-state index in [-0.39, 0.29) is 12.5 Å². The number of thiazole rings is 1. The van der Waals surface area contributed by atoms with Gasteiger partial charge in [0.15, 0.2) is 5.13 Å². The molecular formula is C20H19ClN2O2S. The summed E-state index contributed by atoms with van der Waals surface area (Å²) < 4.78 is 5.45. The third-order valence-corrected chi connectivity index (χ3v) is 5.05. The molecule has 1 heterocycles. The first-order valence-electron chi connectivity index (χ1n) is 8.22. The van der Waals surface area contributed by atoms with Crippen LogP contribution in [0, 0.1) is 6.92 Å². The highest BCUT2D eigenvalue weighted by Gasteiger charge is 2.11. The molecule has 1 N–H and O–H groups in total. The van der Waals surface area contributed by atoms with Crippen LogP contribution in [0.25, 0.3) is 0 Å². The minimum atomic E-state index is -0.205. The smallest absolute Gasteiger partial charge is 0.252 e. The fourth-order valence-electron chi connectivity index (χ4n) is 2.47. The standard InChI is InChI=1S/C20H19ClN2O2S/c1-14-18(11-16-8-5-9-17(21)10-16)26-20(22-14)23-19(24)13-25-12-15-6-3-2-4-7-15/h2-10H,11-13H2,1H3,(H,22,23,24). The van der Waals surface area contributed by atoms with Crippen LogP contribution in [0.1, 0.15) is 21.7 Å². The average molecular weight is 387 g/mol. The van der Waals surface area contributed by atoms with Crippen molar-refractivity contribution in [3.63, 3.8) is 0 Å². The van der Waals surface area contributed by atoms with Gasteiger partial charge in [0.05, 0.1) is 12.3 Å². The Hall–Kier alpha value is -2.21. The predicted octanol–water partition coefficient (Wildman–Crippen LogP) is 4.85. The van der Waals surface area contributed by atoms with E-state index in [1.54, 1.807) is 0 Å². The second-order valence-corrected chi connectivity index (χ2v) is 7.38.